The van der Waals surface area contributed by atoms with Crippen LogP contribution in [0, 0.1) is 5.82 Å². The molecule has 0 spiro atoms. The molecule has 0 saturated heterocycles. The molecule has 1 aliphatic rings. The predicted octanol–water partition coefficient (Wildman–Crippen LogP) is 3.97. The number of carbonyl (C=O) groups excluding carboxylic acids is 1. The van der Waals surface area contributed by atoms with Crippen molar-refractivity contribution in [3.63, 3.8) is 0 Å². The summed E-state index contributed by atoms with van der Waals surface area (Å²) in [5, 5.41) is 0. The highest BCUT2D eigenvalue weighted by molar-refractivity contribution is 6.12. The summed E-state index contributed by atoms with van der Waals surface area (Å²) in [5.74, 6) is 0.000607. The molecule has 0 aromatic heterocycles. The monoisotopic (exact) mass is 355 g/mol. The molecule has 0 aliphatic carbocycles. The molecule has 0 bridgehead atoms. The van der Waals surface area contributed by atoms with E-state index in [-0.39, 0.29) is 17.2 Å². The Morgan fingerprint density at radius 1 is 1.19 bits per heavy atom. The predicted molar refractivity (Wildman–Crippen MR) is 95.8 cm³/mol. The van der Waals surface area contributed by atoms with Crippen LogP contribution in [-0.4, -0.2) is 25.6 Å². The molecule has 0 fully saturated rings. The van der Waals surface area contributed by atoms with Crippen LogP contribution in [0.5, 0.6) is 11.5 Å². The zero-order chi connectivity index (χ0) is 18.5. The molecule has 5 nitrogen and oxygen atoms in total. The van der Waals surface area contributed by atoms with Gasteiger partial charge in [0.15, 0.2) is 17.2 Å². The minimum atomic E-state index is -0.631. The first-order chi connectivity index (χ1) is 12.6. The SMILES string of the molecule is CCCOc1ccc(C=C2N=C(c3ccccc3F)OC2=O)cc1OC. The minimum absolute atomic E-state index is 0.0470. The lowest BCUT2D eigenvalue weighted by atomic mass is 10.1. The number of halogens is 1. The van der Waals surface area contributed by atoms with Crippen molar-refractivity contribution in [3.8, 4) is 11.5 Å². The Morgan fingerprint density at radius 3 is 2.73 bits per heavy atom. The molecule has 1 heterocycles. The van der Waals surface area contributed by atoms with Crippen molar-refractivity contribution in [2.45, 2.75) is 13.3 Å². The zero-order valence-electron chi connectivity index (χ0n) is 14.5. The van der Waals surface area contributed by atoms with Gasteiger partial charge in [-0.1, -0.05) is 25.1 Å². The van der Waals surface area contributed by atoms with Crippen LogP contribution in [0.1, 0.15) is 24.5 Å². The van der Waals surface area contributed by atoms with Crippen molar-refractivity contribution < 1.29 is 23.4 Å². The van der Waals surface area contributed by atoms with Gasteiger partial charge in [0.2, 0.25) is 5.90 Å². The van der Waals surface area contributed by atoms with Crippen molar-refractivity contribution >= 4 is 17.9 Å². The quantitative estimate of drug-likeness (QED) is 0.581. The Hall–Kier alpha value is -3.15. The summed E-state index contributed by atoms with van der Waals surface area (Å²) in [5.41, 5.74) is 0.925. The van der Waals surface area contributed by atoms with Crippen LogP contribution in [0.25, 0.3) is 6.08 Å². The van der Waals surface area contributed by atoms with Crippen LogP contribution in [0.3, 0.4) is 0 Å². The number of aliphatic imine (C=N–C) groups is 1. The molecule has 1 aliphatic heterocycles. The molecule has 0 saturated carbocycles. The molecule has 0 atom stereocenters. The first-order valence-corrected chi connectivity index (χ1v) is 8.20. The highest BCUT2D eigenvalue weighted by Gasteiger charge is 2.26. The molecule has 0 unspecified atom stereocenters. The standard InChI is InChI=1S/C20H18FNO4/c1-3-10-25-17-9-8-13(12-18(17)24-2)11-16-20(23)26-19(22-16)14-6-4-5-7-15(14)21/h4-9,11-12H,3,10H2,1-2H3. The van der Waals surface area contributed by atoms with Crippen LogP contribution >= 0.6 is 0 Å². The molecular weight excluding hydrogens is 337 g/mol. The Balaban J connectivity index is 1.89. The van der Waals surface area contributed by atoms with E-state index >= 15 is 0 Å². The maximum absolute atomic E-state index is 13.8. The highest BCUT2D eigenvalue weighted by atomic mass is 19.1. The Bertz CT molecular complexity index is 889. The number of hydrogen-bond acceptors (Lipinski definition) is 5. The summed E-state index contributed by atoms with van der Waals surface area (Å²) >= 11 is 0. The van der Waals surface area contributed by atoms with Gasteiger partial charge in [0, 0.05) is 0 Å². The number of cyclic esters (lactones) is 1. The van der Waals surface area contributed by atoms with Crippen LogP contribution in [-0.2, 0) is 9.53 Å². The van der Waals surface area contributed by atoms with Gasteiger partial charge in [-0.15, -0.1) is 0 Å². The maximum Gasteiger partial charge on any atom is 0.363 e. The number of hydrogen-bond donors (Lipinski definition) is 0. The molecule has 2 aromatic carbocycles. The fraction of sp³-hybridized carbons (Fsp3) is 0.200. The summed E-state index contributed by atoms with van der Waals surface area (Å²) in [7, 11) is 1.54. The molecule has 0 radical (unpaired) electrons. The average Bonchev–Trinajstić information content (AvgIpc) is 3.01. The van der Waals surface area contributed by atoms with E-state index < -0.39 is 11.8 Å². The van der Waals surface area contributed by atoms with Gasteiger partial charge in [0.25, 0.3) is 0 Å². The molecule has 2 aromatic rings. The highest BCUT2D eigenvalue weighted by Crippen LogP contribution is 2.30. The van der Waals surface area contributed by atoms with Gasteiger partial charge in [-0.25, -0.2) is 14.2 Å². The molecule has 6 heteroatoms. The van der Waals surface area contributed by atoms with Crippen molar-refractivity contribution in [2.75, 3.05) is 13.7 Å². The number of benzene rings is 2. The van der Waals surface area contributed by atoms with Crippen LogP contribution in [0.2, 0.25) is 0 Å². The summed E-state index contributed by atoms with van der Waals surface area (Å²) in [6.07, 6.45) is 2.44. The molecule has 26 heavy (non-hydrogen) atoms. The number of ether oxygens (including phenoxy) is 3. The molecule has 0 amide bonds. The van der Waals surface area contributed by atoms with Crippen LogP contribution in [0.15, 0.2) is 53.2 Å². The number of nitrogens with zero attached hydrogens (tertiary/aromatic N) is 1. The van der Waals surface area contributed by atoms with Crippen LogP contribution < -0.4 is 9.47 Å². The van der Waals surface area contributed by atoms with Crippen LogP contribution in [0.4, 0.5) is 4.39 Å². The maximum atomic E-state index is 13.8. The molecule has 0 N–H and O–H groups in total. The van der Waals surface area contributed by atoms with Crippen molar-refractivity contribution in [2.24, 2.45) is 4.99 Å². The number of methoxy groups -OCH3 is 1. The number of rotatable bonds is 6. The third-order valence-electron chi connectivity index (χ3n) is 3.68. The molecule has 134 valence electrons. The average molecular weight is 355 g/mol. The molecular formula is C20H18FNO4. The lowest BCUT2D eigenvalue weighted by Crippen LogP contribution is -2.07. The van der Waals surface area contributed by atoms with E-state index in [1.54, 1.807) is 43.5 Å². The van der Waals surface area contributed by atoms with E-state index in [9.17, 15) is 9.18 Å². The van der Waals surface area contributed by atoms with Gasteiger partial charge < -0.3 is 14.2 Å². The van der Waals surface area contributed by atoms with Crippen molar-refractivity contribution in [3.05, 3.63) is 65.1 Å². The van der Waals surface area contributed by atoms with Gasteiger partial charge in [0.05, 0.1) is 19.3 Å². The summed E-state index contributed by atoms with van der Waals surface area (Å²) in [6, 6.07) is 11.3. The Labute approximate surface area is 150 Å². The lowest BCUT2D eigenvalue weighted by molar-refractivity contribution is -0.129. The van der Waals surface area contributed by atoms with Crippen molar-refractivity contribution in [1.82, 2.24) is 0 Å². The van der Waals surface area contributed by atoms with E-state index in [1.807, 2.05) is 6.92 Å². The summed E-state index contributed by atoms with van der Waals surface area (Å²) in [6.45, 7) is 2.60. The fourth-order valence-electron chi connectivity index (χ4n) is 2.42. The topological polar surface area (TPSA) is 57.1 Å². The smallest absolute Gasteiger partial charge is 0.363 e. The van der Waals surface area contributed by atoms with E-state index in [0.717, 1.165) is 6.42 Å². The Morgan fingerprint density at radius 2 is 2.00 bits per heavy atom. The van der Waals surface area contributed by atoms with Gasteiger partial charge in [-0.3, -0.25) is 0 Å². The van der Waals surface area contributed by atoms with E-state index in [0.29, 0.717) is 23.7 Å². The third-order valence-corrected chi connectivity index (χ3v) is 3.68. The fourth-order valence-corrected chi connectivity index (χ4v) is 2.42. The summed E-state index contributed by atoms with van der Waals surface area (Å²) < 4.78 is 29.9. The lowest BCUT2D eigenvalue weighted by Gasteiger charge is -2.10. The normalized spacial score (nSPS) is 15.0. The van der Waals surface area contributed by atoms with Gasteiger partial charge in [-0.2, -0.15) is 0 Å². The second-order valence-corrected chi connectivity index (χ2v) is 5.57. The largest absolute Gasteiger partial charge is 0.493 e. The minimum Gasteiger partial charge on any atom is -0.493 e. The first kappa shape index (κ1) is 17.7. The third kappa shape index (κ3) is 3.74. The second kappa shape index (κ2) is 7.82. The van der Waals surface area contributed by atoms with Gasteiger partial charge in [-0.05, 0) is 42.3 Å². The number of esters is 1. The first-order valence-electron chi connectivity index (χ1n) is 8.20. The van der Waals surface area contributed by atoms with E-state index in [1.165, 1.54) is 12.1 Å². The zero-order valence-corrected chi connectivity index (χ0v) is 14.5. The van der Waals surface area contributed by atoms with Gasteiger partial charge in [0.1, 0.15) is 5.82 Å². The van der Waals surface area contributed by atoms with Gasteiger partial charge >= 0.3 is 5.97 Å². The second-order valence-electron chi connectivity index (χ2n) is 5.57. The van der Waals surface area contributed by atoms with E-state index in [2.05, 4.69) is 4.99 Å². The molecule has 3 rings (SSSR count). The summed E-state index contributed by atoms with van der Waals surface area (Å²) in [4.78, 5) is 16.2. The van der Waals surface area contributed by atoms with E-state index in [4.69, 9.17) is 14.2 Å². The Kier molecular flexibility index (Phi) is 5.31. The van der Waals surface area contributed by atoms with Crippen molar-refractivity contribution in [1.29, 1.82) is 0 Å². The number of carbonyl (C=O) groups is 1.